The maximum atomic E-state index is 14.4. The molecule has 1 heterocycles. The first-order valence-electron chi connectivity index (χ1n) is 12.6. The maximum Gasteiger partial charge on any atom is 0.247 e. The highest BCUT2D eigenvalue weighted by Gasteiger charge is 2.42. The third-order valence-corrected chi connectivity index (χ3v) is 9.86. The summed E-state index contributed by atoms with van der Waals surface area (Å²) in [4.78, 5) is 15.4. The molecule has 1 amide bonds. The Labute approximate surface area is 197 Å². The van der Waals surface area contributed by atoms with E-state index < -0.39 is 16.2 Å². The van der Waals surface area contributed by atoms with Gasteiger partial charge < -0.3 is 10.4 Å². The summed E-state index contributed by atoms with van der Waals surface area (Å²) in [7, 11) is -3.36. The van der Waals surface area contributed by atoms with Crippen molar-refractivity contribution in [3.8, 4) is 0 Å². The number of carbonyl (C=O) groups excluding carboxylic acids is 1. The highest BCUT2D eigenvalue weighted by atomic mass is 32.2. The minimum Gasteiger partial charge on any atom is -0.395 e. The quantitative estimate of drug-likeness (QED) is 0.576. The Bertz CT molecular complexity index is 851. The highest BCUT2D eigenvalue weighted by molar-refractivity contribution is 7.88. The average Bonchev–Trinajstić information content (AvgIpc) is 3.42. The van der Waals surface area contributed by atoms with Crippen molar-refractivity contribution in [3.05, 3.63) is 11.6 Å². The predicted octanol–water partition coefficient (Wildman–Crippen LogP) is 2.07. The second-order valence-corrected chi connectivity index (χ2v) is 12.7. The molecule has 9 heteroatoms. The van der Waals surface area contributed by atoms with Gasteiger partial charge in [-0.1, -0.05) is 13.0 Å². The van der Waals surface area contributed by atoms with E-state index in [9.17, 15) is 22.7 Å². The minimum atomic E-state index is -3.36. The molecule has 0 spiro atoms. The molecule has 1 aliphatic heterocycles. The molecule has 0 aromatic heterocycles. The lowest BCUT2D eigenvalue weighted by atomic mass is 9.73. The molecule has 2 N–H and O–H groups in total. The third kappa shape index (κ3) is 5.63. The molecule has 3 aliphatic carbocycles. The van der Waals surface area contributed by atoms with Crippen LogP contribution in [0.2, 0.25) is 0 Å². The topological polar surface area (TPSA) is 89.9 Å². The number of nitrogens with zero attached hydrogens (tertiary/aromatic N) is 2. The standard InChI is InChI=1S/C24H40FN3O4S/c1-16-6-7-23(25)22-13-17(12-21(16)22)24(30)26-18-4-3-5-19(14-18)27-9-8-20(15-27)28(10-11-29)33(2,31)32/h13,16,18-23,29H,3-12,14-15H2,1-2H3,(H,26,30)/t16?,18-,19+,20-,21?,22?,23?/m1/s1. The predicted molar refractivity (Wildman–Crippen MR) is 126 cm³/mol. The fourth-order valence-electron chi connectivity index (χ4n) is 6.72. The Morgan fingerprint density at radius 2 is 2.06 bits per heavy atom. The van der Waals surface area contributed by atoms with Gasteiger partial charge in [-0.3, -0.25) is 9.69 Å². The smallest absolute Gasteiger partial charge is 0.247 e. The zero-order valence-electron chi connectivity index (χ0n) is 20.0. The van der Waals surface area contributed by atoms with E-state index >= 15 is 0 Å². The molecule has 7 atom stereocenters. The van der Waals surface area contributed by atoms with E-state index in [1.807, 2.05) is 6.08 Å². The van der Waals surface area contributed by atoms with Gasteiger partial charge in [0.05, 0.1) is 12.9 Å². The molecule has 1 saturated heterocycles. The van der Waals surface area contributed by atoms with Crippen LogP contribution in [-0.2, 0) is 14.8 Å². The number of allylic oxidation sites excluding steroid dienone is 1. The molecule has 3 fully saturated rings. The van der Waals surface area contributed by atoms with E-state index in [-0.39, 0.29) is 43.0 Å². The molecule has 4 aliphatic rings. The van der Waals surface area contributed by atoms with Gasteiger partial charge >= 0.3 is 0 Å². The SMILES string of the molecule is CC1CCC(F)C2C=C(C(=O)N[C@@H]3CCC[C@H](N4CC[C@@H](N(CCO)S(C)(=O)=O)C4)C3)CC12. The molecule has 2 saturated carbocycles. The lowest BCUT2D eigenvalue weighted by Gasteiger charge is -2.36. The molecule has 188 valence electrons. The van der Waals surface area contributed by atoms with Crippen LogP contribution in [0.1, 0.15) is 58.3 Å². The van der Waals surface area contributed by atoms with E-state index in [1.165, 1.54) is 10.6 Å². The molecule has 4 unspecified atom stereocenters. The van der Waals surface area contributed by atoms with Crippen molar-refractivity contribution in [1.82, 2.24) is 14.5 Å². The summed E-state index contributed by atoms with van der Waals surface area (Å²) < 4.78 is 40.1. The number of halogens is 1. The molecule has 7 nitrogen and oxygen atoms in total. The van der Waals surface area contributed by atoms with Gasteiger partial charge in [-0.2, -0.15) is 4.31 Å². The molecule has 0 bridgehead atoms. The van der Waals surface area contributed by atoms with E-state index in [0.717, 1.165) is 50.6 Å². The number of aliphatic hydroxyl groups is 1. The van der Waals surface area contributed by atoms with E-state index in [4.69, 9.17) is 0 Å². The van der Waals surface area contributed by atoms with Crippen molar-refractivity contribution in [2.45, 2.75) is 82.6 Å². The molecular weight excluding hydrogens is 445 g/mol. The Hall–Kier alpha value is -1.03. The van der Waals surface area contributed by atoms with Crippen LogP contribution in [0.15, 0.2) is 11.6 Å². The van der Waals surface area contributed by atoms with Crippen molar-refractivity contribution < 1.29 is 22.7 Å². The molecule has 0 aromatic rings. The monoisotopic (exact) mass is 485 g/mol. The van der Waals surface area contributed by atoms with Crippen LogP contribution >= 0.6 is 0 Å². The van der Waals surface area contributed by atoms with Gasteiger partial charge in [0.2, 0.25) is 15.9 Å². The fraction of sp³-hybridized carbons (Fsp3) is 0.875. The zero-order chi connectivity index (χ0) is 23.8. The minimum absolute atomic E-state index is 0.0278. The number of nitrogens with one attached hydrogen (secondary N) is 1. The van der Waals surface area contributed by atoms with Gasteiger partial charge in [-0.25, -0.2) is 12.8 Å². The molecular formula is C24H40FN3O4S. The van der Waals surface area contributed by atoms with E-state index in [0.29, 0.717) is 31.3 Å². The Balaban J connectivity index is 1.32. The lowest BCUT2D eigenvalue weighted by Crippen LogP contribution is -2.47. The first-order chi connectivity index (χ1) is 15.7. The average molecular weight is 486 g/mol. The number of hydrogen-bond acceptors (Lipinski definition) is 5. The van der Waals surface area contributed by atoms with Gasteiger partial charge in [-0.15, -0.1) is 0 Å². The summed E-state index contributed by atoms with van der Waals surface area (Å²) in [6.07, 6.45) is 9.13. The summed E-state index contributed by atoms with van der Waals surface area (Å²) in [5.41, 5.74) is 0.762. The fourth-order valence-corrected chi connectivity index (χ4v) is 7.85. The Kier molecular flexibility index (Phi) is 7.83. The first kappa shape index (κ1) is 25.1. The number of likely N-dealkylation sites (tertiary alicyclic amines) is 1. The van der Waals surface area contributed by atoms with Crippen molar-refractivity contribution >= 4 is 15.9 Å². The Morgan fingerprint density at radius 1 is 1.27 bits per heavy atom. The van der Waals surface area contributed by atoms with Crippen LogP contribution in [-0.4, -0.2) is 85.4 Å². The summed E-state index contributed by atoms with van der Waals surface area (Å²) in [6.45, 7) is 3.63. The number of fused-ring (bicyclic) bond motifs is 1. The summed E-state index contributed by atoms with van der Waals surface area (Å²) in [5.74, 6) is 0.585. The summed E-state index contributed by atoms with van der Waals surface area (Å²) in [5, 5.41) is 12.5. The maximum absolute atomic E-state index is 14.4. The highest BCUT2D eigenvalue weighted by Crippen LogP contribution is 2.45. The number of amides is 1. The molecule has 0 radical (unpaired) electrons. The number of aliphatic hydroxyl groups excluding tert-OH is 1. The van der Waals surface area contributed by atoms with Gasteiger partial charge in [0, 0.05) is 49.3 Å². The number of sulfonamides is 1. The number of rotatable bonds is 7. The number of carbonyl (C=O) groups is 1. The number of alkyl halides is 1. The Morgan fingerprint density at radius 3 is 2.76 bits per heavy atom. The van der Waals surface area contributed by atoms with Gasteiger partial charge in [-0.05, 0) is 63.2 Å². The summed E-state index contributed by atoms with van der Waals surface area (Å²) in [6, 6.07) is 0.311. The first-order valence-corrected chi connectivity index (χ1v) is 14.5. The molecule has 33 heavy (non-hydrogen) atoms. The largest absolute Gasteiger partial charge is 0.395 e. The van der Waals surface area contributed by atoms with Gasteiger partial charge in [0.25, 0.3) is 0 Å². The van der Waals surface area contributed by atoms with Crippen LogP contribution < -0.4 is 5.32 Å². The van der Waals surface area contributed by atoms with Crippen LogP contribution in [0.25, 0.3) is 0 Å². The number of hydrogen-bond donors (Lipinski definition) is 2. The molecule has 4 rings (SSSR count). The van der Waals surface area contributed by atoms with Crippen LogP contribution in [0, 0.1) is 17.8 Å². The third-order valence-electron chi connectivity index (χ3n) is 8.53. The van der Waals surface area contributed by atoms with Crippen LogP contribution in [0.5, 0.6) is 0 Å². The van der Waals surface area contributed by atoms with E-state index in [1.54, 1.807) is 0 Å². The van der Waals surface area contributed by atoms with Crippen LogP contribution in [0.4, 0.5) is 4.39 Å². The summed E-state index contributed by atoms with van der Waals surface area (Å²) >= 11 is 0. The van der Waals surface area contributed by atoms with Gasteiger partial charge in [0.15, 0.2) is 0 Å². The second-order valence-electron chi connectivity index (χ2n) is 10.7. The van der Waals surface area contributed by atoms with Crippen molar-refractivity contribution in [2.24, 2.45) is 17.8 Å². The van der Waals surface area contributed by atoms with Crippen LogP contribution in [0.3, 0.4) is 0 Å². The molecule has 0 aromatic carbocycles. The van der Waals surface area contributed by atoms with Crippen molar-refractivity contribution in [1.29, 1.82) is 0 Å². The van der Waals surface area contributed by atoms with Crippen molar-refractivity contribution in [3.63, 3.8) is 0 Å². The van der Waals surface area contributed by atoms with Gasteiger partial charge in [0.1, 0.15) is 6.17 Å². The lowest BCUT2D eigenvalue weighted by molar-refractivity contribution is -0.118. The normalized spacial score (nSPS) is 37.7. The zero-order valence-corrected chi connectivity index (χ0v) is 20.8. The van der Waals surface area contributed by atoms with Crippen molar-refractivity contribution in [2.75, 3.05) is 32.5 Å². The second kappa shape index (κ2) is 10.3. The van der Waals surface area contributed by atoms with E-state index in [2.05, 4.69) is 17.1 Å².